The summed E-state index contributed by atoms with van der Waals surface area (Å²) in [7, 11) is 0. The zero-order chi connectivity index (χ0) is 11.7. The Balaban J connectivity index is 2.13. The molecule has 2 rings (SSSR count). The van der Waals surface area contributed by atoms with Gasteiger partial charge in [0.05, 0.1) is 10.7 Å². The highest BCUT2D eigenvalue weighted by Crippen LogP contribution is 2.21. The molecule has 0 aliphatic rings. The summed E-state index contributed by atoms with van der Waals surface area (Å²) < 4.78 is 0. The van der Waals surface area contributed by atoms with Crippen LogP contribution >= 0.6 is 22.7 Å². The lowest BCUT2D eigenvalue weighted by molar-refractivity contribution is 0.102. The second-order valence-corrected chi connectivity index (χ2v) is 5.63. The van der Waals surface area contributed by atoms with Gasteiger partial charge in [-0.25, -0.2) is 9.97 Å². The van der Waals surface area contributed by atoms with E-state index >= 15 is 0 Å². The lowest BCUT2D eigenvalue weighted by Crippen LogP contribution is -2.12. The van der Waals surface area contributed by atoms with Crippen LogP contribution in [-0.4, -0.2) is 15.9 Å². The molecular formula is C10H11N3OS2. The maximum Gasteiger partial charge on any atom is 0.276 e. The molecular weight excluding hydrogens is 242 g/mol. The Morgan fingerprint density at radius 2 is 2.06 bits per heavy atom. The summed E-state index contributed by atoms with van der Waals surface area (Å²) in [5.41, 5.74) is 1.41. The third-order valence-corrected chi connectivity index (χ3v) is 3.86. The minimum absolute atomic E-state index is 0.196. The van der Waals surface area contributed by atoms with Crippen LogP contribution in [0.5, 0.6) is 0 Å². The van der Waals surface area contributed by atoms with Gasteiger partial charge in [-0.2, -0.15) is 0 Å². The molecule has 0 radical (unpaired) electrons. The second-order valence-electron chi connectivity index (χ2n) is 3.37. The third kappa shape index (κ3) is 2.28. The van der Waals surface area contributed by atoms with Crippen LogP contribution in [-0.2, 0) is 0 Å². The summed E-state index contributed by atoms with van der Waals surface area (Å²) in [6.45, 7) is 5.78. The summed E-state index contributed by atoms with van der Waals surface area (Å²) >= 11 is 2.94. The van der Waals surface area contributed by atoms with Gasteiger partial charge >= 0.3 is 0 Å². The van der Waals surface area contributed by atoms with Gasteiger partial charge in [-0.1, -0.05) is 0 Å². The summed E-state index contributed by atoms with van der Waals surface area (Å²) in [5, 5.41) is 6.01. The number of carbonyl (C=O) groups is 1. The fraction of sp³-hybridized carbons (Fsp3) is 0.300. The van der Waals surface area contributed by atoms with E-state index in [1.165, 1.54) is 22.7 Å². The molecule has 84 valence electrons. The van der Waals surface area contributed by atoms with E-state index in [1.807, 2.05) is 20.8 Å². The van der Waals surface area contributed by atoms with Crippen molar-refractivity contribution in [2.45, 2.75) is 20.8 Å². The molecule has 6 heteroatoms. The van der Waals surface area contributed by atoms with Crippen LogP contribution in [0.2, 0.25) is 0 Å². The molecule has 0 fully saturated rings. The van der Waals surface area contributed by atoms with Crippen molar-refractivity contribution < 1.29 is 4.79 Å². The van der Waals surface area contributed by atoms with Crippen molar-refractivity contribution in [2.75, 3.05) is 5.32 Å². The van der Waals surface area contributed by atoms with Gasteiger partial charge in [-0.05, 0) is 20.8 Å². The minimum Gasteiger partial charge on any atom is -0.296 e. The highest BCUT2D eigenvalue weighted by molar-refractivity contribution is 7.15. The standard InChI is InChI=1S/C10H11N3OS2/c1-5-6(2)16-10(11-5)13-9(14)8-4-15-7(3)12-8/h4H,1-3H3,(H,11,13,14). The Morgan fingerprint density at radius 3 is 2.56 bits per heavy atom. The number of anilines is 1. The van der Waals surface area contributed by atoms with Gasteiger partial charge in [-0.15, -0.1) is 22.7 Å². The van der Waals surface area contributed by atoms with Crippen LogP contribution < -0.4 is 5.32 Å². The summed E-state index contributed by atoms with van der Waals surface area (Å²) in [5.74, 6) is -0.196. The van der Waals surface area contributed by atoms with Crippen LogP contribution in [0.25, 0.3) is 0 Å². The van der Waals surface area contributed by atoms with Gasteiger partial charge in [0, 0.05) is 10.3 Å². The third-order valence-electron chi connectivity index (χ3n) is 2.10. The Labute approximate surface area is 101 Å². The van der Waals surface area contributed by atoms with Crippen molar-refractivity contribution in [3.63, 3.8) is 0 Å². The highest BCUT2D eigenvalue weighted by atomic mass is 32.1. The molecule has 2 aromatic rings. The number of hydrogen-bond donors (Lipinski definition) is 1. The maximum atomic E-state index is 11.7. The Morgan fingerprint density at radius 1 is 1.31 bits per heavy atom. The molecule has 16 heavy (non-hydrogen) atoms. The largest absolute Gasteiger partial charge is 0.296 e. The van der Waals surface area contributed by atoms with E-state index in [9.17, 15) is 4.79 Å². The van der Waals surface area contributed by atoms with Gasteiger partial charge in [0.1, 0.15) is 5.69 Å². The number of thiazole rings is 2. The zero-order valence-corrected chi connectivity index (χ0v) is 10.8. The van der Waals surface area contributed by atoms with Gasteiger partial charge in [0.2, 0.25) is 0 Å². The summed E-state index contributed by atoms with van der Waals surface area (Å²) in [6, 6.07) is 0. The van der Waals surface area contributed by atoms with Crippen LogP contribution in [0.4, 0.5) is 5.13 Å². The van der Waals surface area contributed by atoms with Crippen molar-refractivity contribution in [1.82, 2.24) is 9.97 Å². The molecule has 2 aromatic heterocycles. The molecule has 0 bridgehead atoms. The Kier molecular flexibility index (Phi) is 3.02. The first-order valence-corrected chi connectivity index (χ1v) is 6.43. The lowest BCUT2D eigenvalue weighted by Gasteiger charge is -1.96. The van der Waals surface area contributed by atoms with Crippen LogP contribution in [0.3, 0.4) is 0 Å². The first-order chi connectivity index (χ1) is 7.56. The first kappa shape index (κ1) is 11.2. The van der Waals surface area contributed by atoms with E-state index in [0.717, 1.165) is 15.6 Å². The summed E-state index contributed by atoms with van der Waals surface area (Å²) in [4.78, 5) is 21.2. The molecule has 0 atom stereocenters. The number of aromatic nitrogens is 2. The number of aryl methyl sites for hydroxylation is 3. The first-order valence-electron chi connectivity index (χ1n) is 4.74. The van der Waals surface area contributed by atoms with E-state index in [1.54, 1.807) is 5.38 Å². The van der Waals surface area contributed by atoms with Crippen molar-refractivity contribution >= 4 is 33.7 Å². The molecule has 2 heterocycles. The topological polar surface area (TPSA) is 54.9 Å². The van der Waals surface area contributed by atoms with Crippen LogP contribution in [0.1, 0.15) is 26.1 Å². The zero-order valence-electron chi connectivity index (χ0n) is 9.20. The van der Waals surface area contributed by atoms with E-state index in [0.29, 0.717) is 10.8 Å². The average molecular weight is 253 g/mol. The fourth-order valence-corrected chi connectivity index (χ4v) is 2.56. The van der Waals surface area contributed by atoms with Gasteiger partial charge in [0.15, 0.2) is 5.13 Å². The molecule has 0 saturated heterocycles. The van der Waals surface area contributed by atoms with Gasteiger partial charge in [0.25, 0.3) is 5.91 Å². The number of carbonyl (C=O) groups excluding carboxylic acids is 1. The second kappa shape index (κ2) is 4.31. The monoisotopic (exact) mass is 253 g/mol. The molecule has 4 nitrogen and oxygen atoms in total. The summed E-state index contributed by atoms with van der Waals surface area (Å²) in [6.07, 6.45) is 0. The van der Waals surface area contributed by atoms with Crippen molar-refractivity contribution in [1.29, 1.82) is 0 Å². The number of nitrogens with zero attached hydrogens (tertiary/aromatic N) is 2. The predicted molar refractivity (Wildman–Crippen MR) is 66.4 cm³/mol. The van der Waals surface area contributed by atoms with E-state index in [2.05, 4.69) is 15.3 Å². The smallest absolute Gasteiger partial charge is 0.276 e. The quantitative estimate of drug-likeness (QED) is 0.895. The van der Waals surface area contributed by atoms with Crippen molar-refractivity contribution in [3.8, 4) is 0 Å². The molecule has 0 unspecified atom stereocenters. The van der Waals surface area contributed by atoms with Crippen molar-refractivity contribution in [3.05, 3.63) is 26.7 Å². The van der Waals surface area contributed by atoms with Gasteiger partial charge < -0.3 is 0 Å². The molecule has 0 spiro atoms. The molecule has 1 amide bonds. The molecule has 0 aliphatic heterocycles. The Bertz CT molecular complexity index is 510. The van der Waals surface area contributed by atoms with E-state index in [-0.39, 0.29) is 5.91 Å². The van der Waals surface area contributed by atoms with Crippen LogP contribution in [0.15, 0.2) is 5.38 Å². The number of hydrogen-bond acceptors (Lipinski definition) is 5. The molecule has 0 aromatic carbocycles. The molecule has 1 N–H and O–H groups in total. The number of rotatable bonds is 2. The average Bonchev–Trinajstić information content (AvgIpc) is 2.75. The highest BCUT2D eigenvalue weighted by Gasteiger charge is 2.12. The number of amides is 1. The maximum absolute atomic E-state index is 11.7. The predicted octanol–water partition coefficient (Wildman–Crippen LogP) is 2.78. The Hall–Kier alpha value is -1.27. The normalized spacial score (nSPS) is 10.4. The SMILES string of the molecule is Cc1nc(C(=O)Nc2nc(C)c(C)s2)cs1. The van der Waals surface area contributed by atoms with E-state index < -0.39 is 0 Å². The molecule has 0 saturated carbocycles. The van der Waals surface area contributed by atoms with E-state index in [4.69, 9.17) is 0 Å². The van der Waals surface area contributed by atoms with Gasteiger partial charge in [-0.3, -0.25) is 10.1 Å². The van der Waals surface area contributed by atoms with Crippen LogP contribution in [0, 0.1) is 20.8 Å². The minimum atomic E-state index is -0.196. The molecule has 0 aliphatic carbocycles. The van der Waals surface area contributed by atoms with Crippen molar-refractivity contribution in [2.24, 2.45) is 0 Å². The lowest BCUT2D eigenvalue weighted by atomic mass is 10.4. The fourth-order valence-electron chi connectivity index (χ4n) is 1.16. The number of nitrogens with one attached hydrogen (secondary N) is 1.